The van der Waals surface area contributed by atoms with Crippen LogP contribution in [0.25, 0.3) is 0 Å². The third-order valence-electron chi connectivity index (χ3n) is 2.96. The molecule has 0 saturated heterocycles. The number of hydrogen-bond acceptors (Lipinski definition) is 5. The molecule has 0 aliphatic heterocycles. The molecule has 6 nitrogen and oxygen atoms in total. The second kappa shape index (κ2) is 6.52. The van der Waals surface area contributed by atoms with Crippen LogP contribution < -0.4 is 9.60 Å². The number of rotatable bonds is 6. The fourth-order valence-corrected chi connectivity index (χ4v) is 3.42. The molecule has 1 heterocycles. The number of benzene rings is 1. The minimum atomic E-state index is -3.69. The lowest BCUT2D eigenvalue weighted by Crippen LogP contribution is -2.24. The van der Waals surface area contributed by atoms with E-state index in [0.717, 1.165) is 11.3 Å². The van der Waals surface area contributed by atoms with Crippen molar-refractivity contribution < 1.29 is 13.5 Å². The maximum absolute atomic E-state index is 12.2. The molecule has 2 rings (SSSR count). The highest BCUT2D eigenvalue weighted by Gasteiger charge is 2.16. The smallest absolute Gasteiger partial charge is 0.304 e. The maximum Gasteiger partial charge on any atom is 0.304 e. The molecule has 1 unspecified atom stereocenters. The second-order valence-electron chi connectivity index (χ2n) is 4.49. The molecular formula is C13H16N2O4S2. The zero-order chi connectivity index (χ0) is 15.5. The summed E-state index contributed by atoms with van der Waals surface area (Å²) in [4.78, 5) is 13.4. The summed E-state index contributed by atoms with van der Waals surface area (Å²) in [6.07, 6.45) is -0.180. The fourth-order valence-electron chi connectivity index (χ4n) is 1.78. The highest BCUT2D eigenvalue weighted by Crippen LogP contribution is 2.19. The van der Waals surface area contributed by atoms with E-state index >= 15 is 0 Å². The van der Waals surface area contributed by atoms with Gasteiger partial charge >= 0.3 is 4.87 Å². The number of thiazole rings is 1. The minimum absolute atomic E-state index is 0.0155. The monoisotopic (exact) mass is 328 g/mol. The van der Waals surface area contributed by atoms with Gasteiger partial charge in [-0.1, -0.05) is 30.4 Å². The Hall–Kier alpha value is -1.48. The van der Waals surface area contributed by atoms with Crippen molar-refractivity contribution in [1.82, 2.24) is 9.71 Å². The van der Waals surface area contributed by atoms with Crippen molar-refractivity contribution in [2.75, 3.05) is 0 Å². The van der Waals surface area contributed by atoms with Crippen molar-refractivity contribution in [3.05, 3.63) is 50.6 Å². The van der Waals surface area contributed by atoms with Crippen LogP contribution in [0.3, 0.4) is 0 Å². The Bertz CT molecular complexity index is 764. The first-order valence-corrected chi connectivity index (χ1v) is 8.73. The molecule has 2 aromatic rings. The van der Waals surface area contributed by atoms with E-state index in [1.165, 1.54) is 12.1 Å². The van der Waals surface area contributed by atoms with Gasteiger partial charge in [0, 0.05) is 11.1 Å². The van der Waals surface area contributed by atoms with E-state index in [0.29, 0.717) is 17.7 Å². The van der Waals surface area contributed by atoms with Crippen molar-refractivity contribution in [2.24, 2.45) is 0 Å². The first-order chi connectivity index (χ1) is 9.92. The number of aliphatic hydroxyl groups excluding tert-OH is 1. The van der Waals surface area contributed by atoms with E-state index in [1.807, 2.05) is 6.92 Å². The predicted octanol–water partition coefficient (Wildman–Crippen LogP) is 1.36. The molecule has 1 aromatic carbocycles. The van der Waals surface area contributed by atoms with E-state index in [-0.39, 0.29) is 16.3 Å². The molecule has 0 bridgehead atoms. The lowest BCUT2D eigenvalue weighted by Gasteiger charge is -2.11. The van der Waals surface area contributed by atoms with Crippen LogP contribution in [0.5, 0.6) is 0 Å². The Labute approximate surface area is 126 Å². The van der Waals surface area contributed by atoms with Crippen molar-refractivity contribution in [2.45, 2.75) is 30.9 Å². The zero-order valence-electron chi connectivity index (χ0n) is 11.4. The van der Waals surface area contributed by atoms with Crippen molar-refractivity contribution in [3.63, 3.8) is 0 Å². The first kappa shape index (κ1) is 15.9. The average molecular weight is 328 g/mol. The van der Waals surface area contributed by atoms with Crippen LogP contribution in [0, 0.1) is 0 Å². The van der Waals surface area contributed by atoms with E-state index < -0.39 is 16.1 Å². The minimum Gasteiger partial charge on any atom is -0.388 e. The molecule has 0 saturated carbocycles. The van der Waals surface area contributed by atoms with Gasteiger partial charge < -0.3 is 10.1 Å². The van der Waals surface area contributed by atoms with Crippen LogP contribution in [0.1, 0.15) is 30.7 Å². The van der Waals surface area contributed by atoms with Crippen LogP contribution >= 0.6 is 11.3 Å². The summed E-state index contributed by atoms with van der Waals surface area (Å²) in [6.45, 7) is 1.83. The van der Waals surface area contributed by atoms with Gasteiger partial charge in [-0.25, -0.2) is 13.1 Å². The van der Waals surface area contributed by atoms with Gasteiger partial charge in [0.05, 0.1) is 17.5 Å². The normalized spacial score (nSPS) is 13.2. The highest BCUT2D eigenvalue weighted by molar-refractivity contribution is 7.89. The first-order valence-electron chi connectivity index (χ1n) is 6.36. The van der Waals surface area contributed by atoms with Gasteiger partial charge in [-0.15, -0.1) is 0 Å². The van der Waals surface area contributed by atoms with Gasteiger partial charge in [0.1, 0.15) is 0 Å². The number of aromatic nitrogens is 1. The van der Waals surface area contributed by atoms with E-state index in [1.54, 1.807) is 17.5 Å². The standard InChI is InChI=1S/C13H16N2O4S2/c1-2-12(16)9-4-3-5-11(6-9)21(18,19)14-7-10-8-20-13(17)15-10/h3-6,8,12,14,16H,2,7H2,1H3,(H,15,17). The molecule has 0 fully saturated rings. The largest absolute Gasteiger partial charge is 0.388 e. The Morgan fingerprint density at radius 1 is 1.43 bits per heavy atom. The van der Waals surface area contributed by atoms with Crippen molar-refractivity contribution in [3.8, 4) is 0 Å². The maximum atomic E-state index is 12.2. The van der Waals surface area contributed by atoms with Crippen molar-refractivity contribution >= 4 is 21.4 Å². The summed E-state index contributed by atoms with van der Waals surface area (Å²) in [5.74, 6) is 0. The number of aromatic amines is 1. The molecule has 1 aromatic heterocycles. The number of nitrogens with one attached hydrogen (secondary N) is 2. The average Bonchev–Trinajstić information content (AvgIpc) is 2.90. The van der Waals surface area contributed by atoms with E-state index in [9.17, 15) is 18.3 Å². The van der Waals surface area contributed by atoms with Crippen LogP contribution in [0.4, 0.5) is 0 Å². The molecular weight excluding hydrogens is 312 g/mol. The van der Waals surface area contributed by atoms with Gasteiger partial charge in [0.25, 0.3) is 0 Å². The van der Waals surface area contributed by atoms with Crippen LogP contribution in [-0.4, -0.2) is 18.5 Å². The van der Waals surface area contributed by atoms with Crippen LogP contribution in [0.15, 0.2) is 39.3 Å². The van der Waals surface area contributed by atoms with Crippen molar-refractivity contribution in [1.29, 1.82) is 0 Å². The number of H-pyrrole nitrogens is 1. The molecule has 114 valence electrons. The van der Waals surface area contributed by atoms with E-state index in [2.05, 4.69) is 9.71 Å². The number of aliphatic hydroxyl groups is 1. The van der Waals surface area contributed by atoms with Crippen LogP contribution in [-0.2, 0) is 16.6 Å². The van der Waals surface area contributed by atoms with Gasteiger partial charge in [-0.3, -0.25) is 4.79 Å². The van der Waals surface area contributed by atoms with E-state index in [4.69, 9.17) is 0 Å². The topological polar surface area (TPSA) is 99.3 Å². The second-order valence-corrected chi connectivity index (χ2v) is 7.10. The molecule has 0 radical (unpaired) electrons. The van der Waals surface area contributed by atoms with Gasteiger partial charge in [0.15, 0.2) is 0 Å². The summed E-state index contributed by atoms with van der Waals surface area (Å²) in [5.41, 5.74) is 1.07. The lowest BCUT2D eigenvalue weighted by atomic mass is 10.1. The molecule has 0 aliphatic carbocycles. The quantitative estimate of drug-likeness (QED) is 0.745. The van der Waals surface area contributed by atoms with Gasteiger partial charge in [-0.05, 0) is 24.1 Å². The third kappa shape index (κ3) is 4.01. The zero-order valence-corrected chi connectivity index (χ0v) is 13.0. The highest BCUT2D eigenvalue weighted by atomic mass is 32.2. The van der Waals surface area contributed by atoms with Gasteiger partial charge in [0.2, 0.25) is 10.0 Å². The summed E-state index contributed by atoms with van der Waals surface area (Å²) in [5, 5.41) is 11.3. The Morgan fingerprint density at radius 3 is 2.81 bits per heavy atom. The fraction of sp³-hybridized carbons (Fsp3) is 0.308. The predicted molar refractivity (Wildman–Crippen MR) is 80.7 cm³/mol. The summed E-state index contributed by atoms with van der Waals surface area (Å²) >= 11 is 0.981. The van der Waals surface area contributed by atoms with Crippen LogP contribution in [0.2, 0.25) is 0 Å². The number of sulfonamides is 1. The molecule has 0 aliphatic rings. The third-order valence-corrected chi connectivity index (χ3v) is 5.08. The van der Waals surface area contributed by atoms with Gasteiger partial charge in [-0.2, -0.15) is 0 Å². The summed E-state index contributed by atoms with van der Waals surface area (Å²) < 4.78 is 26.8. The molecule has 3 N–H and O–H groups in total. The molecule has 0 amide bonds. The molecule has 8 heteroatoms. The lowest BCUT2D eigenvalue weighted by molar-refractivity contribution is 0.173. The SMILES string of the molecule is CCC(O)c1cccc(S(=O)(=O)NCc2csc(=O)[nH]2)c1. The molecule has 1 atom stereocenters. The Morgan fingerprint density at radius 2 is 2.19 bits per heavy atom. The molecule has 21 heavy (non-hydrogen) atoms. The number of hydrogen-bond donors (Lipinski definition) is 3. The Kier molecular flexibility index (Phi) is 4.94. The summed E-state index contributed by atoms with van der Waals surface area (Å²) in [6, 6.07) is 6.19. The summed E-state index contributed by atoms with van der Waals surface area (Å²) in [7, 11) is -3.69. The molecule has 0 spiro atoms. The Balaban J connectivity index is 2.17.